The molecule has 3 heteroatoms. The SMILES string of the molecule is C=CCc1nocc1N. The van der Waals surface area contributed by atoms with Gasteiger partial charge in [0.25, 0.3) is 0 Å². The Kier molecular flexibility index (Phi) is 1.53. The van der Waals surface area contributed by atoms with Gasteiger partial charge in [0.1, 0.15) is 12.0 Å². The Morgan fingerprint density at radius 3 is 3.11 bits per heavy atom. The van der Waals surface area contributed by atoms with Gasteiger partial charge < -0.3 is 10.3 Å². The van der Waals surface area contributed by atoms with E-state index in [1.165, 1.54) is 6.26 Å². The molecule has 1 heterocycles. The van der Waals surface area contributed by atoms with Crippen molar-refractivity contribution in [1.82, 2.24) is 5.16 Å². The maximum atomic E-state index is 5.42. The number of rotatable bonds is 2. The average molecular weight is 124 g/mol. The maximum Gasteiger partial charge on any atom is 0.147 e. The van der Waals surface area contributed by atoms with E-state index in [0.29, 0.717) is 12.1 Å². The lowest BCUT2D eigenvalue weighted by Gasteiger charge is -1.85. The number of anilines is 1. The predicted octanol–water partition coefficient (Wildman–Crippen LogP) is 0.985. The Morgan fingerprint density at radius 2 is 2.67 bits per heavy atom. The minimum atomic E-state index is 0.593. The first-order valence-electron chi connectivity index (χ1n) is 2.64. The van der Waals surface area contributed by atoms with E-state index >= 15 is 0 Å². The summed E-state index contributed by atoms with van der Waals surface area (Å²) in [6, 6.07) is 0. The van der Waals surface area contributed by atoms with Gasteiger partial charge >= 0.3 is 0 Å². The molecule has 0 fully saturated rings. The first-order valence-corrected chi connectivity index (χ1v) is 2.64. The van der Waals surface area contributed by atoms with Crippen LogP contribution >= 0.6 is 0 Å². The van der Waals surface area contributed by atoms with Crippen molar-refractivity contribution >= 4 is 5.69 Å². The zero-order chi connectivity index (χ0) is 6.69. The van der Waals surface area contributed by atoms with Crippen LogP contribution in [0.25, 0.3) is 0 Å². The first kappa shape index (κ1) is 5.88. The largest absolute Gasteiger partial charge is 0.395 e. The van der Waals surface area contributed by atoms with Gasteiger partial charge in [-0.1, -0.05) is 11.2 Å². The second-order valence-electron chi connectivity index (χ2n) is 1.71. The highest BCUT2D eigenvalue weighted by Crippen LogP contribution is 2.08. The molecule has 3 nitrogen and oxygen atoms in total. The zero-order valence-electron chi connectivity index (χ0n) is 5.00. The van der Waals surface area contributed by atoms with Crippen LogP contribution in [0.3, 0.4) is 0 Å². The minimum Gasteiger partial charge on any atom is -0.395 e. The lowest BCUT2D eigenvalue weighted by molar-refractivity contribution is 0.413. The molecule has 1 rings (SSSR count). The van der Waals surface area contributed by atoms with Crippen molar-refractivity contribution in [3.63, 3.8) is 0 Å². The van der Waals surface area contributed by atoms with Crippen molar-refractivity contribution in [2.24, 2.45) is 0 Å². The summed E-state index contributed by atoms with van der Waals surface area (Å²) in [5.41, 5.74) is 6.77. The van der Waals surface area contributed by atoms with Gasteiger partial charge in [0.15, 0.2) is 0 Å². The molecule has 1 aromatic heterocycles. The van der Waals surface area contributed by atoms with Crippen molar-refractivity contribution < 1.29 is 4.52 Å². The third-order valence-electron chi connectivity index (χ3n) is 1.01. The Balaban J connectivity index is 2.80. The number of nitrogens with two attached hydrogens (primary N) is 1. The monoisotopic (exact) mass is 124 g/mol. The molecule has 0 spiro atoms. The van der Waals surface area contributed by atoms with Crippen molar-refractivity contribution in [3.8, 4) is 0 Å². The third kappa shape index (κ3) is 1.10. The molecule has 0 atom stereocenters. The van der Waals surface area contributed by atoms with E-state index in [1.807, 2.05) is 0 Å². The van der Waals surface area contributed by atoms with E-state index in [-0.39, 0.29) is 0 Å². The molecule has 1 aromatic rings. The standard InChI is InChI=1S/C6H8N2O/c1-2-3-6-5(7)4-9-8-6/h2,4H,1,3,7H2. The Labute approximate surface area is 53.1 Å². The van der Waals surface area contributed by atoms with E-state index in [2.05, 4.69) is 16.3 Å². The fourth-order valence-corrected chi connectivity index (χ4v) is 0.559. The Bertz CT molecular complexity index is 205. The van der Waals surface area contributed by atoms with E-state index in [0.717, 1.165) is 5.69 Å². The van der Waals surface area contributed by atoms with Crippen LogP contribution in [0.1, 0.15) is 5.69 Å². The molecule has 0 aliphatic heterocycles. The first-order chi connectivity index (χ1) is 4.34. The van der Waals surface area contributed by atoms with Crippen LogP contribution in [0.4, 0.5) is 5.69 Å². The van der Waals surface area contributed by atoms with E-state index < -0.39 is 0 Å². The van der Waals surface area contributed by atoms with Gasteiger partial charge in [-0.05, 0) is 0 Å². The molecule has 0 aliphatic rings. The van der Waals surface area contributed by atoms with Crippen LogP contribution in [-0.4, -0.2) is 5.16 Å². The fraction of sp³-hybridized carbons (Fsp3) is 0.167. The molecule has 2 N–H and O–H groups in total. The smallest absolute Gasteiger partial charge is 0.147 e. The average Bonchev–Trinajstić information content (AvgIpc) is 2.18. The second-order valence-corrected chi connectivity index (χ2v) is 1.71. The van der Waals surface area contributed by atoms with Gasteiger partial charge in [-0.2, -0.15) is 0 Å². The number of hydrogen-bond donors (Lipinski definition) is 1. The molecule has 9 heavy (non-hydrogen) atoms. The summed E-state index contributed by atoms with van der Waals surface area (Å²) >= 11 is 0. The minimum absolute atomic E-state index is 0.593. The molecule has 0 bridgehead atoms. The van der Waals surface area contributed by atoms with Gasteiger partial charge in [0.2, 0.25) is 0 Å². The van der Waals surface area contributed by atoms with Crippen molar-refractivity contribution in [2.75, 3.05) is 5.73 Å². The molecule has 0 saturated carbocycles. The van der Waals surface area contributed by atoms with Crippen molar-refractivity contribution in [2.45, 2.75) is 6.42 Å². The molecule has 0 unspecified atom stereocenters. The topological polar surface area (TPSA) is 52.0 Å². The van der Waals surface area contributed by atoms with Crippen molar-refractivity contribution in [3.05, 3.63) is 24.6 Å². The maximum absolute atomic E-state index is 5.42. The van der Waals surface area contributed by atoms with Gasteiger partial charge in [0, 0.05) is 6.42 Å². The third-order valence-corrected chi connectivity index (χ3v) is 1.01. The van der Waals surface area contributed by atoms with Gasteiger partial charge in [-0.3, -0.25) is 0 Å². The zero-order valence-corrected chi connectivity index (χ0v) is 5.00. The van der Waals surface area contributed by atoms with Crippen LogP contribution in [0.15, 0.2) is 23.4 Å². The molecule has 48 valence electrons. The summed E-state index contributed by atoms with van der Waals surface area (Å²) in [5, 5.41) is 3.63. The summed E-state index contributed by atoms with van der Waals surface area (Å²) in [6.45, 7) is 3.54. The number of nitrogens with zero attached hydrogens (tertiary/aromatic N) is 1. The number of nitrogen functional groups attached to an aromatic ring is 1. The van der Waals surface area contributed by atoms with Crippen LogP contribution in [0, 0.1) is 0 Å². The predicted molar refractivity (Wildman–Crippen MR) is 34.8 cm³/mol. The van der Waals surface area contributed by atoms with Gasteiger partial charge in [0.05, 0.1) is 5.69 Å². The summed E-state index contributed by atoms with van der Waals surface area (Å²) in [5.74, 6) is 0. The Morgan fingerprint density at radius 1 is 1.89 bits per heavy atom. The lowest BCUT2D eigenvalue weighted by Crippen LogP contribution is -1.88. The summed E-state index contributed by atoms with van der Waals surface area (Å²) < 4.78 is 4.58. The molecular formula is C6H8N2O. The molecule has 0 aliphatic carbocycles. The number of allylic oxidation sites excluding steroid dienone is 1. The van der Waals surface area contributed by atoms with Gasteiger partial charge in [-0.25, -0.2) is 0 Å². The highest BCUT2D eigenvalue weighted by Gasteiger charge is 1.98. The van der Waals surface area contributed by atoms with Crippen LogP contribution < -0.4 is 5.73 Å². The molecule has 0 saturated heterocycles. The van der Waals surface area contributed by atoms with E-state index in [9.17, 15) is 0 Å². The number of aromatic nitrogens is 1. The molecule has 0 amide bonds. The molecule has 0 radical (unpaired) electrons. The Hall–Kier alpha value is -1.25. The molecule has 0 aromatic carbocycles. The lowest BCUT2D eigenvalue weighted by atomic mass is 10.3. The van der Waals surface area contributed by atoms with Gasteiger partial charge in [-0.15, -0.1) is 6.58 Å². The fourth-order valence-electron chi connectivity index (χ4n) is 0.559. The summed E-state index contributed by atoms with van der Waals surface area (Å²) in [6.07, 6.45) is 3.81. The second kappa shape index (κ2) is 2.35. The highest BCUT2D eigenvalue weighted by atomic mass is 16.5. The molecular weight excluding hydrogens is 116 g/mol. The van der Waals surface area contributed by atoms with Crippen molar-refractivity contribution in [1.29, 1.82) is 0 Å². The van der Waals surface area contributed by atoms with Crippen LogP contribution in [-0.2, 0) is 6.42 Å². The van der Waals surface area contributed by atoms with E-state index in [1.54, 1.807) is 6.08 Å². The van der Waals surface area contributed by atoms with Crippen LogP contribution in [0.2, 0.25) is 0 Å². The van der Waals surface area contributed by atoms with E-state index in [4.69, 9.17) is 5.73 Å². The van der Waals surface area contributed by atoms with Crippen LogP contribution in [0.5, 0.6) is 0 Å². The normalized spacial score (nSPS) is 9.33. The summed E-state index contributed by atoms with van der Waals surface area (Å²) in [7, 11) is 0. The quantitative estimate of drug-likeness (QED) is 0.598. The highest BCUT2D eigenvalue weighted by molar-refractivity contribution is 5.39. The summed E-state index contributed by atoms with van der Waals surface area (Å²) in [4.78, 5) is 0. The number of hydrogen-bond acceptors (Lipinski definition) is 3.